The van der Waals surface area contributed by atoms with E-state index in [1.54, 1.807) is 0 Å². The lowest BCUT2D eigenvalue weighted by molar-refractivity contribution is 0.993. The van der Waals surface area contributed by atoms with Gasteiger partial charge in [0.15, 0.2) is 0 Å². The average molecular weight is 155 g/mol. The summed E-state index contributed by atoms with van der Waals surface area (Å²) in [6, 6.07) is 0. The first kappa shape index (κ1) is 7.73. The van der Waals surface area contributed by atoms with E-state index in [-0.39, 0.29) is 0 Å². The van der Waals surface area contributed by atoms with Crippen molar-refractivity contribution in [2.45, 2.75) is 19.8 Å². The topological polar surface area (TPSA) is 26.0 Å². The third kappa shape index (κ3) is 1.81. The van der Waals surface area contributed by atoms with Crippen molar-refractivity contribution in [3.8, 4) is 0 Å². The van der Waals surface area contributed by atoms with Crippen molar-refractivity contribution >= 4 is 11.8 Å². The predicted molar refractivity (Wildman–Crippen MR) is 47.7 cm³/mol. The summed E-state index contributed by atoms with van der Waals surface area (Å²) in [5, 5.41) is 0. The summed E-state index contributed by atoms with van der Waals surface area (Å²) >= 11 is 1.86. The van der Waals surface area contributed by atoms with E-state index in [4.69, 9.17) is 5.73 Å². The first-order chi connectivity index (χ1) is 4.84. The number of nitrogens with two attached hydrogens (primary N) is 1. The molecule has 0 radical (unpaired) electrons. The molecule has 1 aliphatic rings. The lowest BCUT2D eigenvalue weighted by atomic mass is 10.1. The minimum absolute atomic E-state index is 0.970. The van der Waals surface area contributed by atoms with Gasteiger partial charge in [-0.25, -0.2) is 0 Å². The van der Waals surface area contributed by atoms with E-state index in [2.05, 4.69) is 13.0 Å². The van der Waals surface area contributed by atoms with Crippen LogP contribution in [0.3, 0.4) is 0 Å². The molecule has 0 aromatic heterocycles. The Morgan fingerprint density at radius 3 is 3.10 bits per heavy atom. The zero-order valence-corrected chi connectivity index (χ0v) is 7.08. The van der Waals surface area contributed by atoms with Gasteiger partial charge in [0.1, 0.15) is 0 Å². The molecular formula is C8H13NS. The monoisotopic (exact) mass is 155 g/mol. The van der Waals surface area contributed by atoms with E-state index in [1.807, 2.05) is 17.8 Å². The molecule has 56 valence electrons. The summed E-state index contributed by atoms with van der Waals surface area (Å²) in [5.74, 6) is 1.13. The lowest BCUT2D eigenvalue weighted by Gasteiger charge is -2.10. The van der Waals surface area contributed by atoms with Crippen LogP contribution >= 0.6 is 11.8 Å². The van der Waals surface area contributed by atoms with Crippen LogP contribution in [0, 0.1) is 0 Å². The molecule has 1 rings (SSSR count). The largest absolute Gasteiger partial charge is 0.398 e. The molecule has 0 amide bonds. The number of hydrogen-bond acceptors (Lipinski definition) is 2. The molecule has 0 saturated carbocycles. The molecule has 2 N–H and O–H groups in total. The lowest BCUT2D eigenvalue weighted by Crippen LogP contribution is -2.01. The molecular weight excluding hydrogens is 142 g/mol. The normalized spacial score (nSPS) is 18.1. The van der Waals surface area contributed by atoms with Gasteiger partial charge in [-0.3, -0.25) is 0 Å². The molecule has 0 aromatic rings. The summed E-state index contributed by atoms with van der Waals surface area (Å²) in [5.41, 5.74) is 6.71. The van der Waals surface area contributed by atoms with Crippen molar-refractivity contribution in [3.05, 3.63) is 22.8 Å². The third-order valence-electron chi connectivity index (χ3n) is 1.48. The van der Waals surface area contributed by atoms with Crippen LogP contribution in [0.5, 0.6) is 0 Å². The Bertz CT molecular complexity index is 170. The maximum atomic E-state index is 5.74. The third-order valence-corrected chi connectivity index (χ3v) is 2.55. The molecule has 0 atom stereocenters. The van der Waals surface area contributed by atoms with Crippen LogP contribution in [0.25, 0.3) is 0 Å². The number of hydrogen-bond donors (Lipinski definition) is 1. The quantitative estimate of drug-likeness (QED) is 0.662. The minimum atomic E-state index is 0.970. The predicted octanol–water partition coefficient (Wildman–Crippen LogP) is 2.26. The van der Waals surface area contributed by atoms with Gasteiger partial charge in [-0.2, -0.15) is 0 Å². The summed E-state index contributed by atoms with van der Waals surface area (Å²) < 4.78 is 0. The van der Waals surface area contributed by atoms with Crippen LogP contribution in [0.2, 0.25) is 0 Å². The Morgan fingerprint density at radius 2 is 2.50 bits per heavy atom. The molecule has 0 aromatic carbocycles. The summed E-state index contributed by atoms with van der Waals surface area (Å²) in [7, 11) is 0. The number of rotatable bonds is 2. The smallest absolute Gasteiger partial charge is 0.0407 e. The average Bonchev–Trinajstić information content (AvgIpc) is 1.94. The van der Waals surface area contributed by atoms with E-state index < -0.39 is 0 Å². The van der Waals surface area contributed by atoms with E-state index in [9.17, 15) is 0 Å². The Labute approximate surface area is 66.4 Å². The Morgan fingerprint density at radius 1 is 1.70 bits per heavy atom. The standard InChI is InChI=1S/C8H13NS/c1-2-10-8-6-4-3-5-7(8)9/h3,5H,2,4,6,9H2,1H3. The fourth-order valence-corrected chi connectivity index (χ4v) is 1.84. The van der Waals surface area contributed by atoms with Gasteiger partial charge in [0, 0.05) is 10.6 Å². The van der Waals surface area contributed by atoms with Crippen LogP contribution < -0.4 is 5.73 Å². The molecule has 0 saturated heterocycles. The highest BCUT2D eigenvalue weighted by Crippen LogP contribution is 2.26. The van der Waals surface area contributed by atoms with Crippen LogP contribution in [-0.4, -0.2) is 5.75 Å². The maximum absolute atomic E-state index is 5.74. The van der Waals surface area contributed by atoms with E-state index >= 15 is 0 Å². The molecule has 0 heterocycles. The Kier molecular flexibility index (Phi) is 2.87. The first-order valence-corrected chi connectivity index (χ1v) is 4.61. The van der Waals surface area contributed by atoms with Crippen molar-refractivity contribution in [1.29, 1.82) is 0 Å². The maximum Gasteiger partial charge on any atom is 0.0407 e. The number of thioether (sulfide) groups is 1. The van der Waals surface area contributed by atoms with Gasteiger partial charge in [0.05, 0.1) is 0 Å². The zero-order valence-electron chi connectivity index (χ0n) is 6.26. The van der Waals surface area contributed by atoms with Gasteiger partial charge in [0.2, 0.25) is 0 Å². The van der Waals surface area contributed by atoms with Crippen LogP contribution in [0.15, 0.2) is 22.8 Å². The highest BCUT2D eigenvalue weighted by Gasteiger charge is 2.03. The van der Waals surface area contributed by atoms with Gasteiger partial charge in [-0.1, -0.05) is 13.0 Å². The Balaban J connectivity index is 2.60. The van der Waals surface area contributed by atoms with Crippen molar-refractivity contribution in [2.75, 3.05) is 5.75 Å². The van der Waals surface area contributed by atoms with Crippen LogP contribution in [0.1, 0.15) is 19.8 Å². The molecule has 0 fully saturated rings. The van der Waals surface area contributed by atoms with Gasteiger partial charge >= 0.3 is 0 Å². The Hall–Kier alpha value is -0.370. The molecule has 2 heteroatoms. The van der Waals surface area contributed by atoms with Gasteiger partial charge < -0.3 is 5.73 Å². The number of allylic oxidation sites excluding steroid dienone is 3. The SMILES string of the molecule is CCSC1=C(N)C=CCC1. The second-order valence-corrected chi connectivity index (χ2v) is 3.61. The van der Waals surface area contributed by atoms with E-state index in [1.165, 1.54) is 4.91 Å². The molecule has 1 nitrogen and oxygen atoms in total. The first-order valence-electron chi connectivity index (χ1n) is 3.62. The summed E-state index contributed by atoms with van der Waals surface area (Å²) in [4.78, 5) is 1.37. The van der Waals surface area contributed by atoms with Gasteiger partial charge in [-0.15, -0.1) is 11.8 Å². The molecule has 0 unspecified atom stereocenters. The highest BCUT2D eigenvalue weighted by molar-refractivity contribution is 8.03. The second-order valence-electron chi connectivity index (χ2n) is 2.25. The van der Waals surface area contributed by atoms with Crippen LogP contribution in [-0.2, 0) is 0 Å². The zero-order chi connectivity index (χ0) is 7.40. The van der Waals surface area contributed by atoms with Crippen molar-refractivity contribution < 1.29 is 0 Å². The second kappa shape index (κ2) is 3.71. The molecule has 0 spiro atoms. The highest BCUT2D eigenvalue weighted by atomic mass is 32.2. The summed E-state index contributed by atoms with van der Waals surface area (Å²) in [6.07, 6.45) is 6.44. The van der Waals surface area contributed by atoms with E-state index in [0.717, 1.165) is 24.3 Å². The molecule has 0 aliphatic heterocycles. The van der Waals surface area contributed by atoms with Gasteiger partial charge in [0.25, 0.3) is 0 Å². The van der Waals surface area contributed by atoms with Crippen molar-refractivity contribution in [3.63, 3.8) is 0 Å². The molecule has 10 heavy (non-hydrogen) atoms. The fourth-order valence-electron chi connectivity index (χ4n) is 0.992. The molecule has 1 aliphatic carbocycles. The van der Waals surface area contributed by atoms with Gasteiger partial charge in [-0.05, 0) is 24.7 Å². The van der Waals surface area contributed by atoms with Crippen molar-refractivity contribution in [1.82, 2.24) is 0 Å². The molecule has 0 bridgehead atoms. The van der Waals surface area contributed by atoms with E-state index in [0.29, 0.717) is 0 Å². The summed E-state index contributed by atoms with van der Waals surface area (Å²) in [6.45, 7) is 2.16. The van der Waals surface area contributed by atoms with Crippen LogP contribution in [0.4, 0.5) is 0 Å². The minimum Gasteiger partial charge on any atom is -0.398 e. The fraction of sp³-hybridized carbons (Fsp3) is 0.500. The van der Waals surface area contributed by atoms with Crippen molar-refractivity contribution in [2.24, 2.45) is 5.73 Å².